The highest BCUT2D eigenvalue weighted by Gasteiger charge is 2.31. The van der Waals surface area contributed by atoms with Gasteiger partial charge in [0.15, 0.2) is 11.5 Å². The summed E-state index contributed by atoms with van der Waals surface area (Å²) in [5, 5.41) is 5.65. The third-order valence-corrected chi connectivity index (χ3v) is 5.98. The van der Waals surface area contributed by atoms with Crippen LogP contribution in [0.3, 0.4) is 0 Å². The fraction of sp³-hybridized carbons (Fsp3) is 0.259. The van der Waals surface area contributed by atoms with Gasteiger partial charge in [0.1, 0.15) is 0 Å². The van der Waals surface area contributed by atoms with Gasteiger partial charge >= 0.3 is 6.03 Å². The molecular formula is C27H29N3O5. The van der Waals surface area contributed by atoms with E-state index in [-0.39, 0.29) is 18.0 Å². The van der Waals surface area contributed by atoms with Crippen molar-refractivity contribution in [3.63, 3.8) is 0 Å². The van der Waals surface area contributed by atoms with Crippen molar-refractivity contribution in [2.45, 2.75) is 25.9 Å². The number of carbonyl (C=O) groups excluding carboxylic acids is 2. The molecule has 3 aromatic carbocycles. The zero-order valence-electron chi connectivity index (χ0n) is 20.3. The molecule has 1 unspecified atom stereocenters. The molecule has 2 N–H and O–H groups in total. The summed E-state index contributed by atoms with van der Waals surface area (Å²) in [6, 6.07) is 18.2. The Bertz CT molecular complexity index is 1200. The number of hydrogen-bond acceptors (Lipinski definition) is 5. The second-order valence-corrected chi connectivity index (χ2v) is 8.28. The third-order valence-electron chi connectivity index (χ3n) is 5.98. The van der Waals surface area contributed by atoms with Crippen molar-refractivity contribution < 1.29 is 23.8 Å². The van der Waals surface area contributed by atoms with Crippen LogP contribution in [0.25, 0.3) is 0 Å². The number of carbonyl (C=O) groups is 2. The molecule has 1 aliphatic heterocycles. The van der Waals surface area contributed by atoms with Gasteiger partial charge in [-0.15, -0.1) is 0 Å². The zero-order chi connectivity index (χ0) is 24.9. The van der Waals surface area contributed by atoms with Crippen molar-refractivity contribution >= 4 is 23.3 Å². The highest BCUT2D eigenvalue weighted by molar-refractivity contribution is 6.07. The molecule has 4 rings (SSSR count). The van der Waals surface area contributed by atoms with Gasteiger partial charge < -0.3 is 29.7 Å². The lowest BCUT2D eigenvalue weighted by Crippen LogP contribution is -2.35. The lowest BCUT2D eigenvalue weighted by atomic mass is 10.1. The van der Waals surface area contributed by atoms with Gasteiger partial charge in [-0.1, -0.05) is 30.3 Å². The van der Waals surface area contributed by atoms with Crippen LogP contribution in [0, 0.1) is 0 Å². The van der Waals surface area contributed by atoms with Gasteiger partial charge in [0.05, 0.1) is 27.0 Å². The fourth-order valence-corrected chi connectivity index (χ4v) is 4.30. The Kier molecular flexibility index (Phi) is 7.10. The molecule has 8 heteroatoms. The van der Waals surface area contributed by atoms with Gasteiger partial charge in [0, 0.05) is 36.0 Å². The maximum absolute atomic E-state index is 13.2. The van der Waals surface area contributed by atoms with E-state index in [0.717, 1.165) is 23.2 Å². The Balaban J connectivity index is 1.46. The average Bonchev–Trinajstić information content (AvgIpc) is 3.21. The maximum atomic E-state index is 13.2. The minimum Gasteiger partial charge on any atom is -0.493 e. The maximum Gasteiger partial charge on any atom is 0.319 e. The number of urea groups is 1. The van der Waals surface area contributed by atoms with Crippen molar-refractivity contribution in [3.05, 3.63) is 77.4 Å². The molecule has 0 aliphatic carbocycles. The van der Waals surface area contributed by atoms with Gasteiger partial charge in [-0.25, -0.2) is 4.79 Å². The fourth-order valence-electron chi connectivity index (χ4n) is 4.30. The number of anilines is 2. The number of rotatable bonds is 7. The number of fused-ring (bicyclic) bond motifs is 1. The highest BCUT2D eigenvalue weighted by Crippen LogP contribution is 2.40. The number of hydrogen-bond donors (Lipinski definition) is 2. The summed E-state index contributed by atoms with van der Waals surface area (Å²) in [7, 11) is 4.55. The minimum absolute atomic E-state index is 0.0258. The zero-order valence-corrected chi connectivity index (χ0v) is 20.3. The molecule has 1 atom stereocenters. The number of benzene rings is 3. The van der Waals surface area contributed by atoms with Gasteiger partial charge in [0.25, 0.3) is 5.91 Å². The van der Waals surface area contributed by atoms with Gasteiger partial charge in [-0.2, -0.15) is 0 Å². The Morgan fingerprint density at radius 2 is 1.63 bits per heavy atom. The van der Waals surface area contributed by atoms with Crippen molar-refractivity contribution in [1.29, 1.82) is 0 Å². The molecule has 0 aromatic heterocycles. The molecule has 0 radical (unpaired) electrons. The van der Waals surface area contributed by atoms with E-state index in [4.69, 9.17) is 14.2 Å². The van der Waals surface area contributed by atoms with E-state index in [1.54, 1.807) is 12.1 Å². The smallest absolute Gasteiger partial charge is 0.319 e. The van der Waals surface area contributed by atoms with Crippen LogP contribution in [0.5, 0.6) is 17.2 Å². The monoisotopic (exact) mass is 475 g/mol. The first-order valence-corrected chi connectivity index (χ1v) is 11.3. The number of amides is 3. The SMILES string of the molecule is COc1cc(NC(=O)NCc2ccc3c(c2)N(C(=O)c2ccccc2)C(C)C3)cc(OC)c1OC. The molecule has 0 fully saturated rings. The second-order valence-electron chi connectivity index (χ2n) is 8.28. The topological polar surface area (TPSA) is 89.1 Å². The van der Waals surface area contributed by atoms with Gasteiger partial charge in [-0.3, -0.25) is 4.79 Å². The van der Waals surface area contributed by atoms with Crippen molar-refractivity contribution in [3.8, 4) is 17.2 Å². The summed E-state index contributed by atoms with van der Waals surface area (Å²) >= 11 is 0. The number of nitrogens with zero attached hydrogens (tertiary/aromatic N) is 1. The Labute approximate surface area is 204 Å². The quantitative estimate of drug-likeness (QED) is 0.520. The second kappa shape index (κ2) is 10.4. The first kappa shape index (κ1) is 23.9. The number of methoxy groups -OCH3 is 3. The normalized spacial score (nSPS) is 14.2. The number of ether oxygens (including phenoxy) is 3. The van der Waals surface area contributed by atoms with Crippen molar-refractivity contribution in [1.82, 2.24) is 5.32 Å². The molecule has 0 saturated carbocycles. The number of nitrogens with one attached hydrogen (secondary N) is 2. The third kappa shape index (κ3) is 5.01. The largest absolute Gasteiger partial charge is 0.493 e. The summed E-state index contributed by atoms with van der Waals surface area (Å²) in [6.07, 6.45) is 0.795. The molecule has 3 amide bonds. The summed E-state index contributed by atoms with van der Waals surface area (Å²) in [6.45, 7) is 2.34. The summed E-state index contributed by atoms with van der Waals surface area (Å²) in [5.74, 6) is 1.31. The Morgan fingerprint density at radius 3 is 2.26 bits per heavy atom. The van der Waals surface area contributed by atoms with E-state index < -0.39 is 0 Å². The van der Waals surface area contributed by atoms with Crippen LogP contribution in [-0.4, -0.2) is 39.3 Å². The van der Waals surface area contributed by atoms with Crippen molar-refractivity contribution in [2.24, 2.45) is 0 Å². The molecule has 0 spiro atoms. The summed E-state index contributed by atoms with van der Waals surface area (Å²) in [4.78, 5) is 27.6. The highest BCUT2D eigenvalue weighted by atomic mass is 16.5. The molecule has 182 valence electrons. The van der Waals surface area contributed by atoms with Crippen LogP contribution in [0.4, 0.5) is 16.2 Å². The van der Waals surface area contributed by atoms with Gasteiger partial charge in [0.2, 0.25) is 5.75 Å². The minimum atomic E-state index is -0.384. The molecule has 8 nitrogen and oxygen atoms in total. The Morgan fingerprint density at radius 1 is 0.943 bits per heavy atom. The van der Waals surface area contributed by atoms with Crippen LogP contribution in [0.15, 0.2) is 60.7 Å². The molecule has 1 heterocycles. The first-order chi connectivity index (χ1) is 16.9. The predicted molar refractivity (Wildman–Crippen MR) is 135 cm³/mol. The molecule has 35 heavy (non-hydrogen) atoms. The summed E-state index contributed by atoms with van der Waals surface area (Å²) < 4.78 is 16.0. The molecular weight excluding hydrogens is 446 g/mol. The lowest BCUT2D eigenvalue weighted by molar-refractivity contribution is 0.0981. The van der Waals surface area contributed by atoms with E-state index in [1.807, 2.05) is 60.4 Å². The van der Waals surface area contributed by atoms with Crippen LogP contribution in [0.2, 0.25) is 0 Å². The van der Waals surface area contributed by atoms with Gasteiger partial charge in [-0.05, 0) is 42.7 Å². The molecule has 1 aliphatic rings. The average molecular weight is 476 g/mol. The molecule has 0 saturated heterocycles. The summed E-state index contributed by atoms with van der Waals surface area (Å²) in [5.41, 5.74) is 4.05. The van der Waals surface area contributed by atoms with E-state index in [9.17, 15) is 9.59 Å². The van der Waals surface area contributed by atoms with Crippen molar-refractivity contribution in [2.75, 3.05) is 31.5 Å². The van der Waals surface area contributed by atoms with Crippen LogP contribution in [0.1, 0.15) is 28.4 Å². The van der Waals surface area contributed by atoms with E-state index in [0.29, 0.717) is 35.0 Å². The molecule has 0 bridgehead atoms. The predicted octanol–water partition coefficient (Wildman–Crippen LogP) is 4.63. The molecule has 3 aromatic rings. The van der Waals surface area contributed by atoms with E-state index in [1.165, 1.54) is 21.3 Å². The van der Waals surface area contributed by atoms with E-state index in [2.05, 4.69) is 10.6 Å². The lowest BCUT2D eigenvalue weighted by Gasteiger charge is -2.23. The van der Waals surface area contributed by atoms with E-state index >= 15 is 0 Å². The standard InChI is InChI=1S/C27H29N3O5/c1-17-12-20-11-10-18(13-22(20)30(17)26(31)19-8-6-5-7-9-19)16-28-27(32)29-21-14-23(33-2)25(35-4)24(15-21)34-3/h5-11,13-15,17H,12,16H2,1-4H3,(H2,28,29,32). The van der Waals surface area contributed by atoms with Crippen LogP contribution < -0.4 is 29.7 Å². The Hall–Kier alpha value is -4.20. The van der Waals surface area contributed by atoms with Crippen LogP contribution >= 0.6 is 0 Å². The van der Waals surface area contributed by atoms with Crippen LogP contribution in [-0.2, 0) is 13.0 Å². The first-order valence-electron chi connectivity index (χ1n) is 11.3.